The monoisotopic (exact) mass is 337 g/mol. The van der Waals surface area contributed by atoms with Gasteiger partial charge in [-0.2, -0.15) is 0 Å². The molecule has 2 aromatic rings. The number of rotatable bonds is 4. The SMILES string of the molecule is Cc1cccc(C(C)C)c1Nc1ccnc(C(=O)N2CCCCC2)c1. The normalized spacial score (nSPS) is 14.6. The van der Waals surface area contributed by atoms with Crippen molar-refractivity contribution < 1.29 is 4.79 Å². The van der Waals surface area contributed by atoms with Gasteiger partial charge >= 0.3 is 0 Å². The Labute approximate surface area is 150 Å². The molecule has 25 heavy (non-hydrogen) atoms. The van der Waals surface area contributed by atoms with E-state index in [2.05, 4.69) is 49.3 Å². The molecule has 132 valence electrons. The Morgan fingerprint density at radius 1 is 1.16 bits per heavy atom. The van der Waals surface area contributed by atoms with Gasteiger partial charge < -0.3 is 10.2 Å². The lowest BCUT2D eigenvalue weighted by Crippen LogP contribution is -2.36. The van der Waals surface area contributed by atoms with Crippen LogP contribution in [0, 0.1) is 6.92 Å². The van der Waals surface area contributed by atoms with Crippen LogP contribution in [0.2, 0.25) is 0 Å². The van der Waals surface area contributed by atoms with Crippen molar-refractivity contribution in [2.75, 3.05) is 18.4 Å². The van der Waals surface area contributed by atoms with Gasteiger partial charge in [0.25, 0.3) is 5.91 Å². The fraction of sp³-hybridized carbons (Fsp3) is 0.429. The highest BCUT2D eigenvalue weighted by molar-refractivity contribution is 5.93. The maximum absolute atomic E-state index is 12.7. The van der Waals surface area contributed by atoms with Gasteiger partial charge in [-0.1, -0.05) is 32.0 Å². The van der Waals surface area contributed by atoms with E-state index >= 15 is 0 Å². The van der Waals surface area contributed by atoms with Crippen LogP contribution in [0.3, 0.4) is 0 Å². The molecule has 1 N–H and O–H groups in total. The number of benzene rings is 1. The molecule has 0 unspecified atom stereocenters. The molecule has 2 heterocycles. The Hall–Kier alpha value is -2.36. The minimum atomic E-state index is 0.0391. The van der Waals surface area contributed by atoms with Crippen LogP contribution >= 0.6 is 0 Å². The number of piperidine rings is 1. The molecule has 4 heteroatoms. The van der Waals surface area contributed by atoms with E-state index in [0.717, 1.165) is 37.3 Å². The van der Waals surface area contributed by atoms with Crippen LogP contribution in [0.4, 0.5) is 11.4 Å². The molecule has 0 atom stereocenters. The van der Waals surface area contributed by atoms with E-state index < -0.39 is 0 Å². The summed E-state index contributed by atoms with van der Waals surface area (Å²) >= 11 is 0. The molecular formula is C21H27N3O. The van der Waals surface area contributed by atoms with Crippen molar-refractivity contribution in [3.63, 3.8) is 0 Å². The standard InChI is InChI=1S/C21H27N3O/c1-15(2)18-9-7-8-16(3)20(18)23-17-10-11-22-19(14-17)21(25)24-12-5-4-6-13-24/h7-11,14-15H,4-6,12-13H2,1-3H3,(H,22,23). The third-order valence-electron chi connectivity index (χ3n) is 4.82. The van der Waals surface area contributed by atoms with Crippen molar-refractivity contribution in [3.8, 4) is 0 Å². The van der Waals surface area contributed by atoms with E-state index in [-0.39, 0.29) is 5.91 Å². The second kappa shape index (κ2) is 7.68. The topological polar surface area (TPSA) is 45.2 Å². The molecule has 0 saturated carbocycles. The van der Waals surface area contributed by atoms with Gasteiger partial charge in [0.05, 0.1) is 0 Å². The zero-order valence-electron chi connectivity index (χ0n) is 15.4. The van der Waals surface area contributed by atoms with Crippen LogP contribution in [0.1, 0.15) is 60.6 Å². The summed E-state index contributed by atoms with van der Waals surface area (Å²) in [4.78, 5) is 18.9. The summed E-state index contributed by atoms with van der Waals surface area (Å²) in [6, 6.07) is 10.1. The van der Waals surface area contributed by atoms with Gasteiger partial charge in [-0.15, -0.1) is 0 Å². The van der Waals surface area contributed by atoms with E-state index in [9.17, 15) is 4.79 Å². The second-order valence-corrected chi connectivity index (χ2v) is 7.10. The molecular weight excluding hydrogens is 310 g/mol. The first-order chi connectivity index (χ1) is 12.1. The number of nitrogens with zero attached hydrogens (tertiary/aromatic N) is 2. The van der Waals surface area contributed by atoms with Crippen molar-refractivity contribution in [2.45, 2.75) is 46.0 Å². The fourth-order valence-corrected chi connectivity index (χ4v) is 3.37. The average molecular weight is 337 g/mol. The van der Waals surface area contributed by atoms with Crippen molar-refractivity contribution in [1.29, 1.82) is 0 Å². The number of hydrogen-bond acceptors (Lipinski definition) is 3. The van der Waals surface area contributed by atoms with Crippen LogP contribution in [0.5, 0.6) is 0 Å². The van der Waals surface area contributed by atoms with Gasteiger partial charge in [-0.05, 0) is 55.4 Å². The number of anilines is 2. The van der Waals surface area contributed by atoms with E-state index in [1.807, 2.05) is 17.0 Å². The number of pyridine rings is 1. The summed E-state index contributed by atoms with van der Waals surface area (Å²) in [5.74, 6) is 0.468. The van der Waals surface area contributed by atoms with Crippen molar-refractivity contribution in [2.24, 2.45) is 0 Å². The third kappa shape index (κ3) is 4.01. The minimum absolute atomic E-state index is 0.0391. The number of carbonyl (C=O) groups is 1. The Bertz CT molecular complexity index is 749. The number of likely N-dealkylation sites (tertiary alicyclic amines) is 1. The van der Waals surface area contributed by atoms with E-state index in [1.54, 1.807) is 6.20 Å². The molecule has 1 aliphatic rings. The van der Waals surface area contributed by atoms with Gasteiger partial charge in [0.1, 0.15) is 5.69 Å². The highest BCUT2D eigenvalue weighted by Crippen LogP contribution is 2.30. The molecule has 1 aromatic carbocycles. The molecule has 1 aliphatic heterocycles. The van der Waals surface area contributed by atoms with Gasteiger partial charge in [0.15, 0.2) is 0 Å². The summed E-state index contributed by atoms with van der Waals surface area (Å²) < 4.78 is 0. The summed E-state index contributed by atoms with van der Waals surface area (Å²) in [6.07, 6.45) is 5.10. The van der Waals surface area contributed by atoms with Crippen LogP contribution in [-0.4, -0.2) is 28.9 Å². The zero-order chi connectivity index (χ0) is 17.8. The first kappa shape index (κ1) is 17.5. The molecule has 3 rings (SSSR count). The van der Waals surface area contributed by atoms with Crippen LogP contribution in [0.25, 0.3) is 0 Å². The predicted molar refractivity (Wildman–Crippen MR) is 103 cm³/mol. The van der Waals surface area contributed by atoms with Crippen molar-refractivity contribution in [3.05, 3.63) is 53.3 Å². The molecule has 0 spiro atoms. The van der Waals surface area contributed by atoms with E-state index in [4.69, 9.17) is 0 Å². The average Bonchev–Trinajstić information content (AvgIpc) is 2.63. The van der Waals surface area contributed by atoms with Crippen LogP contribution in [0.15, 0.2) is 36.5 Å². The lowest BCUT2D eigenvalue weighted by atomic mass is 9.98. The first-order valence-electron chi connectivity index (χ1n) is 9.18. The highest BCUT2D eigenvalue weighted by Gasteiger charge is 2.19. The molecule has 1 fully saturated rings. The largest absolute Gasteiger partial charge is 0.355 e. The van der Waals surface area contributed by atoms with E-state index in [0.29, 0.717) is 11.6 Å². The van der Waals surface area contributed by atoms with E-state index in [1.165, 1.54) is 17.5 Å². The summed E-state index contributed by atoms with van der Waals surface area (Å²) in [6.45, 7) is 8.17. The first-order valence-corrected chi connectivity index (χ1v) is 9.18. The third-order valence-corrected chi connectivity index (χ3v) is 4.82. The van der Waals surface area contributed by atoms with Gasteiger partial charge in [0.2, 0.25) is 0 Å². The smallest absolute Gasteiger partial charge is 0.272 e. The predicted octanol–water partition coefficient (Wildman–Crippen LogP) is 4.88. The maximum atomic E-state index is 12.7. The highest BCUT2D eigenvalue weighted by atomic mass is 16.2. The number of hydrogen-bond donors (Lipinski definition) is 1. The lowest BCUT2D eigenvalue weighted by Gasteiger charge is -2.26. The Kier molecular flexibility index (Phi) is 5.37. The quantitative estimate of drug-likeness (QED) is 0.864. The van der Waals surface area contributed by atoms with Gasteiger partial charge in [-0.3, -0.25) is 9.78 Å². The van der Waals surface area contributed by atoms with Crippen LogP contribution in [-0.2, 0) is 0 Å². The summed E-state index contributed by atoms with van der Waals surface area (Å²) in [5.41, 5.74) is 5.03. The molecule has 0 bridgehead atoms. The molecule has 1 amide bonds. The van der Waals surface area contributed by atoms with Crippen LogP contribution < -0.4 is 5.32 Å². The number of nitrogens with one attached hydrogen (secondary N) is 1. The van der Waals surface area contributed by atoms with Crippen molar-refractivity contribution >= 4 is 17.3 Å². The lowest BCUT2D eigenvalue weighted by molar-refractivity contribution is 0.0718. The fourth-order valence-electron chi connectivity index (χ4n) is 3.37. The number of aromatic nitrogens is 1. The number of aryl methyl sites for hydroxylation is 1. The molecule has 4 nitrogen and oxygen atoms in total. The maximum Gasteiger partial charge on any atom is 0.272 e. The molecule has 1 saturated heterocycles. The number of para-hydroxylation sites is 1. The summed E-state index contributed by atoms with van der Waals surface area (Å²) in [5, 5.41) is 3.51. The zero-order valence-corrected chi connectivity index (χ0v) is 15.4. The van der Waals surface area contributed by atoms with Crippen molar-refractivity contribution in [1.82, 2.24) is 9.88 Å². The molecule has 0 aliphatic carbocycles. The Morgan fingerprint density at radius 3 is 2.64 bits per heavy atom. The number of amides is 1. The second-order valence-electron chi connectivity index (χ2n) is 7.10. The molecule has 0 radical (unpaired) electrons. The number of carbonyl (C=O) groups excluding carboxylic acids is 1. The molecule has 1 aromatic heterocycles. The summed E-state index contributed by atoms with van der Waals surface area (Å²) in [7, 11) is 0. The minimum Gasteiger partial charge on any atom is -0.355 e. The Balaban J connectivity index is 1.84. The van der Waals surface area contributed by atoms with Gasteiger partial charge in [-0.25, -0.2) is 0 Å². The Morgan fingerprint density at radius 2 is 1.92 bits per heavy atom. The van der Waals surface area contributed by atoms with Gasteiger partial charge in [0, 0.05) is 30.7 Å².